The summed E-state index contributed by atoms with van der Waals surface area (Å²) in [5.74, 6) is 0. The van der Waals surface area contributed by atoms with Crippen molar-refractivity contribution in [3.8, 4) is 0 Å². The number of hydrogen-bond acceptors (Lipinski definition) is 3. The zero-order chi connectivity index (χ0) is 10.8. The summed E-state index contributed by atoms with van der Waals surface area (Å²) in [6, 6.07) is 0.525. The molecule has 0 saturated carbocycles. The smallest absolute Gasteiger partial charge is 0.0589 e. The first kappa shape index (κ1) is 13.9. The van der Waals surface area contributed by atoms with Crippen LogP contribution in [-0.4, -0.2) is 44.8 Å². The minimum absolute atomic E-state index is 0.525. The van der Waals surface area contributed by atoms with Crippen molar-refractivity contribution in [2.75, 3.05) is 33.9 Å². The summed E-state index contributed by atoms with van der Waals surface area (Å²) >= 11 is 0. The monoisotopic (exact) mass is 202 g/mol. The number of ether oxygens (including phenoxy) is 1. The second-order valence-corrected chi connectivity index (χ2v) is 3.86. The summed E-state index contributed by atoms with van der Waals surface area (Å²) in [6.07, 6.45) is 5.09. The summed E-state index contributed by atoms with van der Waals surface area (Å²) in [7, 11) is 3.87. The Bertz CT molecular complexity index is 120. The van der Waals surface area contributed by atoms with Crippen molar-refractivity contribution >= 4 is 0 Å². The van der Waals surface area contributed by atoms with Gasteiger partial charge in [0, 0.05) is 26.2 Å². The van der Waals surface area contributed by atoms with E-state index < -0.39 is 0 Å². The molecule has 0 spiro atoms. The van der Waals surface area contributed by atoms with Crippen LogP contribution >= 0.6 is 0 Å². The molecule has 0 aromatic rings. The molecule has 3 nitrogen and oxygen atoms in total. The quantitative estimate of drug-likeness (QED) is 0.575. The minimum Gasteiger partial charge on any atom is -0.383 e. The normalized spacial score (nSPS) is 13.5. The molecule has 0 aliphatic rings. The van der Waals surface area contributed by atoms with Gasteiger partial charge in [-0.3, -0.25) is 4.90 Å². The lowest BCUT2D eigenvalue weighted by Crippen LogP contribution is -2.39. The van der Waals surface area contributed by atoms with E-state index in [4.69, 9.17) is 10.5 Å². The highest BCUT2D eigenvalue weighted by Crippen LogP contribution is 2.07. The number of nitrogens with two attached hydrogens (primary N) is 1. The molecule has 0 radical (unpaired) electrons. The van der Waals surface area contributed by atoms with Crippen molar-refractivity contribution in [1.82, 2.24) is 4.90 Å². The fraction of sp³-hybridized carbons (Fsp3) is 1.00. The Kier molecular flexibility index (Phi) is 9.35. The fourth-order valence-electron chi connectivity index (χ4n) is 1.57. The van der Waals surface area contributed by atoms with Crippen LogP contribution in [0.15, 0.2) is 0 Å². The van der Waals surface area contributed by atoms with E-state index in [0.717, 1.165) is 19.7 Å². The molecule has 1 unspecified atom stereocenters. The average molecular weight is 202 g/mol. The lowest BCUT2D eigenvalue weighted by atomic mass is 10.1. The van der Waals surface area contributed by atoms with Crippen LogP contribution in [0.4, 0.5) is 0 Å². The van der Waals surface area contributed by atoms with Crippen LogP contribution in [0.1, 0.15) is 32.6 Å². The van der Waals surface area contributed by atoms with Gasteiger partial charge in [0.25, 0.3) is 0 Å². The maximum Gasteiger partial charge on any atom is 0.0589 e. The number of unbranched alkanes of at least 4 members (excludes halogenated alkanes) is 2. The molecule has 0 bridgehead atoms. The SMILES string of the molecule is CCCCCC(CN)N(C)CCOC. The molecule has 0 aliphatic heterocycles. The first-order valence-electron chi connectivity index (χ1n) is 5.65. The molecule has 0 aromatic carbocycles. The molecule has 86 valence electrons. The van der Waals surface area contributed by atoms with Gasteiger partial charge in [-0.25, -0.2) is 0 Å². The molecule has 14 heavy (non-hydrogen) atoms. The summed E-state index contributed by atoms with van der Waals surface area (Å²) in [6.45, 7) is 4.75. The van der Waals surface area contributed by atoms with Crippen molar-refractivity contribution in [1.29, 1.82) is 0 Å². The molecular weight excluding hydrogens is 176 g/mol. The zero-order valence-corrected chi connectivity index (χ0v) is 9.96. The van der Waals surface area contributed by atoms with Crippen LogP contribution in [0.2, 0.25) is 0 Å². The van der Waals surface area contributed by atoms with Gasteiger partial charge < -0.3 is 10.5 Å². The Balaban J connectivity index is 3.62. The van der Waals surface area contributed by atoms with Gasteiger partial charge in [0.1, 0.15) is 0 Å². The Labute approximate surface area is 88.6 Å². The largest absolute Gasteiger partial charge is 0.383 e. The predicted octanol–water partition coefficient (Wildman–Crippen LogP) is 1.47. The summed E-state index contributed by atoms with van der Waals surface area (Å²) < 4.78 is 5.05. The molecule has 0 amide bonds. The molecule has 1 atom stereocenters. The van der Waals surface area contributed by atoms with Crippen molar-refractivity contribution < 1.29 is 4.74 Å². The Morgan fingerprint density at radius 3 is 2.57 bits per heavy atom. The summed E-state index contributed by atoms with van der Waals surface area (Å²) in [4.78, 5) is 2.30. The van der Waals surface area contributed by atoms with Crippen LogP contribution < -0.4 is 5.73 Å². The number of hydrogen-bond donors (Lipinski definition) is 1. The number of methoxy groups -OCH3 is 1. The molecule has 0 fully saturated rings. The van der Waals surface area contributed by atoms with Crippen LogP contribution in [0.3, 0.4) is 0 Å². The highest BCUT2D eigenvalue weighted by Gasteiger charge is 2.11. The van der Waals surface area contributed by atoms with E-state index in [0.29, 0.717) is 6.04 Å². The maximum absolute atomic E-state index is 5.75. The lowest BCUT2D eigenvalue weighted by Gasteiger charge is -2.26. The summed E-state index contributed by atoms with van der Waals surface area (Å²) in [5.41, 5.74) is 5.75. The summed E-state index contributed by atoms with van der Waals surface area (Å²) in [5, 5.41) is 0. The Hall–Kier alpha value is -0.120. The molecule has 0 aromatic heterocycles. The molecule has 3 heteroatoms. The van der Waals surface area contributed by atoms with E-state index in [1.807, 2.05) is 0 Å². The van der Waals surface area contributed by atoms with Gasteiger partial charge in [-0.1, -0.05) is 26.2 Å². The number of nitrogens with zero attached hydrogens (tertiary/aromatic N) is 1. The first-order chi connectivity index (χ1) is 6.76. The second kappa shape index (κ2) is 9.44. The van der Waals surface area contributed by atoms with E-state index in [-0.39, 0.29) is 0 Å². The van der Waals surface area contributed by atoms with Crippen LogP contribution in [0, 0.1) is 0 Å². The second-order valence-electron chi connectivity index (χ2n) is 3.86. The molecule has 0 saturated heterocycles. The Morgan fingerprint density at radius 1 is 1.36 bits per heavy atom. The van der Waals surface area contributed by atoms with Crippen molar-refractivity contribution in [2.45, 2.75) is 38.6 Å². The van der Waals surface area contributed by atoms with Gasteiger partial charge in [-0.15, -0.1) is 0 Å². The van der Waals surface area contributed by atoms with Crippen molar-refractivity contribution in [2.24, 2.45) is 5.73 Å². The van der Waals surface area contributed by atoms with E-state index >= 15 is 0 Å². The topological polar surface area (TPSA) is 38.5 Å². The highest BCUT2D eigenvalue weighted by atomic mass is 16.5. The molecule has 0 aliphatic carbocycles. The fourth-order valence-corrected chi connectivity index (χ4v) is 1.57. The maximum atomic E-state index is 5.75. The van der Waals surface area contributed by atoms with Gasteiger partial charge in [0.05, 0.1) is 6.61 Å². The van der Waals surface area contributed by atoms with E-state index in [9.17, 15) is 0 Å². The van der Waals surface area contributed by atoms with Gasteiger partial charge in [0.2, 0.25) is 0 Å². The van der Waals surface area contributed by atoms with Crippen LogP contribution in [0.5, 0.6) is 0 Å². The van der Waals surface area contributed by atoms with E-state index in [1.54, 1.807) is 7.11 Å². The van der Waals surface area contributed by atoms with Gasteiger partial charge >= 0.3 is 0 Å². The van der Waals surface area contributed by atoms with Crippen LogP contribution in [-0.2, 0) is 4.74 Å². The highest BCUT2D eigenvalue weighted by molar-refractivity contribution is 4.69. The third-order valence-corrected chi connectivity index (χ3v) is 2.68. The predicted molar refractivity (Wildman–Crippen MR) is 61.5 cm³/mol. The number of likely N-dealkylation sites (N-methyl/N-ethyl adjacent to an activating group) is 1. The molecule has 0 rings (SSSR count). The van der Waals surface area contributed by atoms with E-state index in [1.165, 1.54) is 25.7 Å². The van der Waals surface area contributed by atoms with Crippen LogP contribution in [0.25, 0.3) is 0 Å². The standard InChI is InChI=1S/C11H26N2O/c1-4-5-6-7-11(10-12)13(2)8-9-14-3/h11H,4-10,12H2,1-3H3. The third-order valence-electron chi connectivity index (χ3n) is 2.68. The lowest BCUT2D eigenvalue weighted by molar-refractivity contribution is 0.136. The van der Waals surface area contributed by atoms with Gasteiger partial charge in [-0.05, 0) is 13.5 Å². The third kappa shape index (κ3) is 6.35. The molecular formula is C11H26N2O. The minimum atomic E-state index is 0.525. The number of rotatable bonds is 9. The molecule has 2 N–H and O–H groups in total. The molecule has 0 heterocycles. The van der Waals surface area contributed by atoms with Gasteiger partial charge in [-0.2, -0.15) is 0 Å². The first-order valence-corrected chi connectivity index (χ1v) is 5.65. The zero-order valence-electron chi connectivity index (χ0n) is 9.96. The van der Waals surface area contributed by atoms with Crippen molar-refractivity contribution in [3.05, 3.63) is 0 Å². The Morgan fingerprint density at radius 2 is 2.07 bits per heavy atom. The van der Waals surface area contributed by atoms with E-state index in [2.05, 4.69) is 18.9 Å². The van der Waals surface area contributed by atoms with Crippen molar-refractivity contribution in [3.63, 3.8) is 0 Å². The average Bonchev–Trinajstić information content (AvgIpc) is 2.21. The van der Waals surface area contributed by atoms with Gasteiger partial charge in [0.15, 0.2) is 0 Å².